The van der Waals surface area contributed by atoms with Crippen molar-refractivity contribution in [3.63, 3.8) is 0 Å². The fourth-order valence-electron chi connectivity index (χ4n) is 4.58. The fourth-order valence-corrected chi connectivity index (χ4v) is 4.94. The van der Waals surface area contributed by atoms with Gasteiger partial charge in [0.25, 0.3) is 0 Å². The third-order valence-corrected chi connectivity index (χ3v) is 6.57. The Bertz CT molecular complexity index is 1190. The first-order chi connectivity index (χ1) is 15.0. The predicted octanol–water partition coefficient (Wildman–Crippen LogP) is 3.82. The van der Waals surface area contributed by atoms with E-state index in [1.807, 2.05) is 42.2 Å². The molecule has 2 aliphatic heterocycles. The van der Waals surface area contributed by atoms with Crippen LogP contribution in [0.5, 0.6) is 0 Å². The summed E-state index contributed by atoms with van der Waals surface area (Å²) < 4.78 is 1.83. The Labute approximate surface area is 185 Å². The number of fused-ring (bicyclic) bond motifs is 1. The van der Waals surface area contributed by atoms with E-state index in [1.165, 1.54) is 11.3 Å². The summed E-state index contributed by atoms with van der Waals surface area (Å²) in [6.45, 7) is 1.75. The first kappa shape index (κ1) is 19.8. The monoisotopic (exact) mass is 434 g/mol. The minimum Gasteiger partial charge on any atom is -0.365 e. The number of amides is 2. The van der Waals surface area contributed by atoms with E-state index in [9.17, 15) is 9.59 Å². The molecule has 7 heteroatoms. The van der Waals surface area contributed by atoms with Gasteiger partial charge in [0.2, 0.25) is 11.8 Å². The van der Waals surface area contributed by atoms with Crippen molar-refractivity contribution in [2.75, 3.05) is 11.4 Å². The summed E-state index contributed by atoms with van der Waals surface area (Å²) >= 11 is 6.78. The summed E-state index contributed by atoms with van der Waals surface area (Å²) in [5.41, 5.74) is 6.30. The van der Waals surface area contributed by atoms with Crippen LogP contribution in [0.2, 0.25) is 5.02 Å². The Morgan fingerprint density at radius 2 is 2.03 bits per heavy atom. The van der Waals surface area contributed by atoms with E-state index >= 15 is 0 Å². The Morgan fingerprint density at radius 1 is 1.16 bits per heavy atom. The Kier molecular flexibility index (Phi) is 5.02. The Hall–Kier alpha value is -3.12. The van der Waals surface area contributed by atoms with Crippen molar-refractivity contribution in [3.8, 4) is 11.1 Å². The number of piperidine rings is 1. The minimum absolute atomic E-state index is 0.220. The zero-order valence-corrected chi connectivity index (χ0v) is 18.0. The van der Waals surface area contributed by atoms with Gasteiger partial charge in [0.1, 0.15) is 0 Å². The highest BCUT2D eigenvalue weighted by molar-refractivity contribution is 6.34. The van der Waals surface area contributed by atoms with E-state index in [-0.39, 0.29) is 11.8 Å². The SMILES string of the molecule is Cn1ccc(CN2CCc3cc(-c4cccc(C5CCC(=O)NC5=O)c4Cl)ccc32)n1. The molecule has 1 atom stereocenters. The number of carbonyl (C=O) groups is 2. The van der Waals surface area contributed by atoms with Gasteiger partial charge in [-0.3, -0.25) is 19.6 Å². The van der Waals surface area contributed by atoms with Gasteiger partial charge < -0.3 is 4.90 Å². The van der Waals surface area contributed by atoms with Crippen LogP contribution in [0.15, 0.2) is 48.7 Å². The lowest BCUT2D eigenvalue weighted by Crippen LogP contribution is -2.39. The number of nitrogens with zero attached hydrogens (tertiary/aromatic N) is 3. The molecule has 0 aliphatic carbocycles. The Balaban J connectivity index is 1.43. The summed E-state index contributed by atoms with van der Waals surface area (Å²) in [7, 11) is 1.93. The van der Waals surface area contributed by atoms with Crippen LogP contribution in [-0.4, -0.2) is 28.1 Å². The maximum absolute atomic E-state index is 12.3. The number of halogens is 1. The number of rotatable bonds is 4. The summed E-state index contributed by atoms with van der Waals surface area (Å²) in [5, 5.41) is 7.50. The average molecular weight is 435 g/mol. The van der Waals surface area contributed by atoms with E-state index in [1.54, 1.807) is 0 Å². The summed E-state index contributed by atoms with van der Waals surface area (Å²) in [5.74, 6) is -0.884. The first-order valence-electron chi connectivity index (χ1n) is 10.5. The van der Waals surface area contributed by atoms with Gasteiger partial charge in [0.15, 0.2) is 0 Å². The minimum atomic E-state index is -0.395. The predicted molar refractivity (Wildman–Crippen MR) is 120 cm³/mol. The third-order valence-electron chi connectivity index (χ3n) is 6.15. The van der Waals surface area contributed by atoms with Gasteiger partial charge in [-0.15, -0.1) is 0 Å². The second-order valence-electron chi connectivity index (χ2n) is 8.21. The van der Waals surface area contributed by atoms with E-state index < -0.39 is 5.92 Å². The molecule has 0 saturated carbocycles. The molecule has 0 bridgehead atoms. The summed E-state index contributed by atoms with van der Waals surface area (Å²) in [6.07, 6.45) is 3.76. The largest absolute Gasteiger partial charge is 0.365 e. The van der Waals surface area contributed by atoms with Crippen LogP contribution >= 0.6 is 11.6 Å². The Morgan fingerprint density at radius 3 is 2.81 bits per heavy atom. The molecule has 0 radical (unpaired) electrons. The molecule has 2 aromatic carbocycles. The van der Waals surface area contributed by atoms with E-state index in [0.717, 1.165) is 41.9 Å². The lowest BCUT2D eigenvalue weighted by atomic mass is 9.88. The molecule has 6 nitrogen and oxygen atoms in total. The fraction of sp³-hybridized carbons (Fsp3) is 0.292. The highest BCUT2D eigenvalue weighted by atomic mass is 35.5. The van der Waals surface area contributed by atoms with Gasteiger partial charge in [-0.2, -0.15) is 5.10 Å². The number of anilines is 1. The lowest BCUT2D eigenvalue weighted by molar-refractivity contribution is -0.134. The van der Waals surface area contributed by atoms with Crippen molar-refractivity contribution in [3.05, 3.63) is 70.5 Å². The molecule has 0 spiro atoms. The second kappa shape index (κ2) is 7.85. The number of aromatic nitrogens is 2. The van der Waals surface area contributed by atoms with Gasteiger partial charge in [-0.05, 0) is 47.7 Å². The zero-order chi connectivity index (χ0) is 21.5. The molecule has 1 saturated heterocycles. The molecule has 2 aliphatic rings. The van der Waals surface area contributed by atoms with Crippen molar-refractivity contribution < 1.29 is 9.59 Å². The van der Waals surface area contributed by atoms with Crippen molar-refractivity contribution in [2.24, 2.45) is 7.05 Å². The van der Waals surface area contributed by atoms with Crippen molar-refractivity contribution in [1.29, 1.82) is 0 Å². The first-order valence-corrected chi connectivity index (χ1v) is 10.9. The van der Waals surface area contributed by atoms with Crippen LogP contribution in [0, 0.1) is 0 Å². The molecule has 5 rings (SSSR count). The highest BCUT2D eigenvalue weighted by Crippen LogP contribution is 2.39. The van der Waals surface area contributed by atoms with E-state index in [0.29, 0.717) is 17.9 Å². The van der Waals surface area contributed by atoms with Crippen molar-refractivity contribution >= 4 is 29.1 Å². The topological polar surface area (TPSA) is 67.2 Å². The molecular weight excluding hydrogens is 412 g/mol. The molecule has 2 amide bonds. The van der Waals surface area contributed by atoms with Crippen LogP contribution in [0.3, 0.4) is 0 Å². The molecule has 158 valence electrons. The van der Waals surface area contributed by atoms with Crippen LogP contribution in [-0.2, 0) is 29.6 Å². The van der Waals surface area contributed by atoms with Crippen LogP contribution in [0.4, 0.5) is 5.69 Å². The maximum Gasteiger partial charge on any atom is 0.234 e. The molecule has 31 heavy (non-hydrogen) atoms. The van der Waals surface area contributed by atoms with Gasteiger partial charge in [-0.1, -0.05) is 35.9 Å². The normalized spacial score (nSPS) is 18.3. The number of nitrogens with one attached hydrogen (secondary N) is 1. The van der Waals surface area contributed by atoms with E-state index in [2.05, 4.69) is 33.5 Å². The molecule has 1 N–H and O–H groups in total. The number of hydrogen-bond acceptors (Lipinski definition) is 4. The number of hydrogen-bond donors (Lipinski definition) is 1. The van der Waals surface area contributed by atoms with Gasteiger partial charge in [-0.25, -0.2) is 0 Å². The van der Waals surface area contributed by atoms with Crippen LogP contribution in [0.25, 0.3) is 11.1 Å². The summed E-state index contributed by atoms with van der Waals surface area (Å²) in [4.78, 5) is 26.2. The number of benzene rings is 2. The second-order valence-corrected chi connectivity index (χ2v) is 8.59. The number of aryl methyl sites for hydroxylation is 1. The van der Waals surface area contributed by atoms with Crippen LogP contribution in [0.1, 0.15) is 35.6 Å². The van der Waals surface area contributed by atoms with Gasteiger partial charge in [0.05, 0.1) is 23.2 Å². The molecule has 3 aromatic rings. The van der Waals surface area contributed by atoms with E-state index in [4.69, 9.17) is 11.6 Å². The molecular formula is C24H23ClN4O2. The highest BCUT2D eigenvalue weighted by Gasteiger charge is 2.30. The quantitative estimate of drug-likeness (QED) is 0.634. The summed E-state index contributed by atoms with van der Waals surface area (Å²) in [6, 6.07) is 14.3. The maximum atomic E-state index is 12.3. The number of carbonyl (C=O) groups excluding carboxylic acids is 2. The third kappa shape index (κ3) is 3.72. The lowest BCUT2D eigenvalue weighted by Gasteiger charge is -2.23. The smallest absolute Gasteiger partial charge is 0.234 e. The van der Waals surface area contributed by atoms with Gasteiger partial charge >= 0.3 is 0 Å². The van der Waals surface area contributed by atoms with Crippen molar-refractivity contribution in [2.45, 2.75) is 31.7 Å². The average Bonchev–Trinajstić information content (AvgIpc) is 3.34. The molecule has 1 fully saturated rings. The zero-order valence-electron chi connectivity index (χ0n) is 17.3. The molecule has 1 aromatic heterocycles. The molecule has 1 unspecified atom stereocenters. The van der Waals surface area contributed by atoms with Crippen molar-refractivity contribution in [1.82, 2.24) is 15.1 Å². The van der Waals surface area contributed by atoms with Crippen LogP contribution < -0.4 is 10.2 Å². The number of imide groups is 1. The molecule has 3 heterocycles. The van der Waals surface area contributed by atoms with Gasteiger partial charge in [0, 0.05) is 37.5 Å². The standard InChI is InChI=1S/C24H23ClN4O2/c1-28-11-10-17(27-28)14-29-12-9-16-13-15(5-7-21(16)29)18-3-2-4-19(23(18)25)20-6-8-22(30)26-24(20)31/h2-5,7,10-11,13,20H,6,8-9,12,14H2,1H3,(H,26,30,31).